The zero-order valence-corrected chi connectivity index (χ0v) is 19.1. The summed E-state index contributed by atoms with van der Waals surface area (Å²) in [6, 6.07) is 12.9. The summed E-state index contributed by atoms with van der Waals surface area (Å²) >= 11 is 0. The van der Waals surface area contributed by atoms with Crippen molar-refractivity contribution in [1.29, 1.82) is 10.8 Å². The van der Waals surface area contributed by atoms with Gasteiger partial charge in [-0.2, -0.15) is 10.4 Å². The van der Waals surface area contributed by atoms with Crippen molar-refractivity contribution in [1.82, 2.24) is 20.0 Å². The molecule has 0 spiro atoms. The molecule has 0 saturated carbocycles. The van der Waals surface area contributed by atoms with Gasteiger partial charge in [0.15, 0.2) is 11.5 Å². The molecule has 14 nitrogen and oxygen atoms in total. The molecule has 14 heteroatoms. The standard InChI is InChI=1S/C24H16N8O6/c25-9-12-7-16(18(29-26)10-27-15-5-1-3-13(21(15)33)23(35)36)28-17(8-12)19-11-32(31-30-19)20-6-2-4-14(22(20)34)24(37)38/h1-8,10-11,26-27,33-34H,(H,35,36)(H,37,38)/b18-10-,29-26?. The Balaban J connectivity index is 1.71. The molecule has 6 N–H and O–H groups in total. The molecular formula is C24H16N8O6. The molecule has 0 amide bonds. The van der Waals surface area contributed by atoms with E-state index in [9.17, 15) is 35.3 Å². The van der Waals surface area contributed by atoms with Crippen molar-refractivity contribution in [3.05, 3.63) is 83.3 Å². The minimum atomic E-state index is -1.33. The number of rotatable bonds is 8. The first-order chi connectivity index (χ1) is 18.2. The number of nitriles is 1. The smallest absolute Gasteiger partial charge is 0.339 e. The highest BCUT2D eigenvalue weighted by Gasteiger charge is 2.18. The van der Waals surface area contributed by atoms with E-state index in [4.69, 9.17) is 5.53 Å². The Bertz CT molecular complexity index is 1670. The highest BCUT2D eigenvalue weighted by molar-refractivity contribution is 5.93. The van der Waals surface area contributed by atoms with Crippen LogP contribution >= 0.6 is 0 Å². The van der Waals surface area contributed by atoms with Gasteiger partial charge in [0.2, 0.25) is 0 Å². The Kier molecular flexibility index (Phi) is 6.75. The average Bonchev–Trinajstić information content (AvgIpc) is 3.39. The number of carboxylic acid groups (broad SMARTS) is 2. The molecule has 0 saturated heterocycles. The summed E-state index contributed by atoms with van der Waals surface area (Å²) < 4.78 is 1.14. The summed E-state index contributed by atoms with van der Waals surface area (Å²) in [4.78, 5) is 26.9. The molecule has 0 aliphatic heterocycles. The molecule has 0 radical (unpaired) electrons. The number of anilines is 1. The van der Waals surface area contributed by atoms with Gasteiger partial charge in [0.05, 0.1) is 34.9 Å². The molecule has 2 aromatic heterocycles. The van der Waals surface area contributed by atoms with Gasteiger partial charge >= 0.3 is 11.9 Å². The van der Waals surface area contributed by atoms with Crippen LogP contribution in [0.3, 0.4) is 0 Å². The van der Waals surface area contributed by atoms with Crippen molar-refractivity contribution >= 4 is 23.3 Å². The summed E-state index contributed by atoms with van der Waals surface area (Å²) in [6.07, 6.45) is 2.57. The number of nitrogens with zero attached hydrogens (tertiary/aromatic N) is 6. The first-order valence-corrected chi connectivity index (χ1v) is 10.5. The lowest BCUT2D eigenvalue weighted by Crippen LogP contribution is -2.02. The van der Waals surface area contributed by atoms with Crippen molar-refractivity contribution in [2.75, 3.05) is 5.32 Å². The van der Waals surface area contributed by atoms with Crippen LogP contribution in [0, 0.1) is 16.9 Å². The van der Waals surface area contributed by atoms with Crippen LogP contribution in [0.4, 0.5) is 5.69 Å². The summed E-state index contributed by atoms with van der Waals surface area (Å²) in [5.41, 5.74) is 7.44. The minimum Gasteiger partial charge on any atom is -0.505 e. The molecule has 0 bridgehead atoms. The SMILES string of the molecule is N#Cc1cc(/C(=C/Nc2cccc(C(=O)O)c2O)N=N)nc(-c2cn(-c3cccc(C(=O)O)c3O)nn2)c1. The van der Waals surface area contributed by atoms with Gasteiger partial charge in [-0.15, -0.1) is 5.10 Å². The molecular weight excluding hydrogens is 496 g/mol. The number of pyridine rings is 1. The maximum absolute atomic E-state index is 11.3. The molecule has 2 aromatic carbocycles. The van der Waals surface area contributed by atoms with E-state index in [1.54, 1.807) is 0 Å². The normalized spacial score (nSPS) is 11.0. The van der Waals surface area contributed by atoms with Gasteiger partial charge in [-0.3, -0.25) is 0 Å². The Hall–Kier alpha value is -6.10. The Morgan fingerprint density at radius 2 is 1.71 bits per heavy atom. The van der Waals surface area contributed by atoms with Gasteiger partial charge in [-0.05, 0) is 36.4 Å². The van der Waals surface area contributed by atoms with Crippen LogP contribution in [0.2, 0.25) is 0 Å². The van der Waals surface area contributed by atoms with Crippen molar-refractivity contribution in [3.8, 4) is 34.6 Å². The molecule has 4 rings (SSSR count). The Morgan fingerprint density at radius 1 is 1.03 bits per heavy atom. The highest BCUT2D eigenvalue weighted by Crippen LogP contribution is 2.30. The monoisotopic (exact) mass is 512 g/mol. The van der Waals surface area contributed by atoms with E-state index in [1.165, 1.54) is 60.9 Å². The number of carboxylic acids is 2. The second-order valence-corrected chi connectivity index (χ2v) is 7.56. The lowest BCUT2D eigenvalue weighted by molar-refractivity contribution is 0.0682. The van der Waals surface area contributed by atoms with Crippen LogP contribution in [0.1, 0.15) is 32.0 Å². The van der Waals surface area contributed by atoms with E-state index in [0.29, 0.717) is 0 Å². The van der Waals surface area contributed by atoms with Gasteiger partial charge < -0.3 is 25.7 Å². The number of hydrogen-bond acceptors (Lipinski definition) is 11. The summed E-state index contributed by atoms with van der Waals surface area (Å²) in [5.74, 6) is -3.69. The maximum atomic E-state index is 11.3. The molecule has 4 aromatic rings. The van der Waals surface area contributed by atoms with E-state index in [1.807, 2.05) is 6.07 Å². The van der Waals surface area contributed by atoms with E-state index >= 15 is 0 Å². The van der Waals surface area contributed by atoms with Crippen LogP contribution < -0.4 is 5.32 Å². The van der Waals surface area contributed by atoms with Crippen LogP contribution in [-0.2, 0) is 0 Å². The van der Waals surface area contributed by atoms with Gasteiger partial charge in [-0.25, -0.2) is 24.8 Å². The third-order valence-electron chi connectivity index (χ3n) is 5.22. The molecule has 188 valence electrons. The zero-order chi connectivity index (χ0) is 27.4. The number of para-hydroxylation sites is 2. The largest absolute Gasteiger partial charge is 0.505 e. The minimum absolute atomic E-state index is 0.0362. The van der Waals surface area contributed by atoms with Crippen LogP contribution in [-0.4, -0.2) is 52.3 Å². The molecule has 0 atom stereocenters. The second kappa shape index (κ2) is 10.3. The molecule has 0 fully saturated rings. The molecule has 0 aliphatic rings. The third kappa shape index (κ3) is 4.83. The van der Waals surface area contributed by atoms with Crippen LogP contribution in [0.5, 0.6) is 11.5 Å². The van der Waals surface area contributed by atoms with Gasteiger partial charge in [-0.1, -0.05) is 17.3 Å². The predicted octanol–water partition coefficient (Wildman–Crippen LogP) is 3.45. The number of hydrogen-bond donors (Lipinski definition) is 6. The zero-order valence-electron chi connectivity index (χ0n) is 19.1. The number of nitrogens with one attached hydrogen (secondary N) is 2. The van der Waals surface area contributed by atoms with E-state index in [2.05, 4.69) is 25.7 Å². The van der Waals surface area contributed by atoms with Crippen LogP contribution in [0.25, 0.3) is 22.8 Å². The molecule has 38 heavy (non-hydrogen) atoms. The lowest BCUT2D eigenvalue weighted by atomic mass is 10.1. The number of carbonyl (C=O) groups is 2. The number of aromatic nitrogens is 4. The number of aromatic hydroxyl groups is 2. The van der Waals surface area contributed by atoms with Crippen molar-refractivity contribution in [2.24, 2.45) is 5.11 Å². The summed E-state index contributed by atoms with van der Waals surface area (Å²) in [5, 5.41) is 62.4. The fraction of sp³-hybridized carbons (Fsp3) is 0. The lowest BCUT2D eigenvalue weighted by Gasteiger charge is -2.08. The van der Waals surface area contributed by atoms with Gasteiger partial charge in [0.25, 0.3) is 0 Å². The third-order valence-corrected chi connectivity index (χ3v) is 5.22. The van der Waals surface area contributed by atoms with Crippen molar-refractivity contribution in [3.63, 3.8) is 0 Å². The van der Waals surface area contributed by atoms with Crippen molar-refractivity contribution < 1.29 is 30.0 Å². The Labute approximate surface area is 212 Å². The maximum Gasteiger partial charge on any atom is 0.339 e. The molecule has 0 unspecified atom stereocenters. The average molecular weight is 512 g/mol. The summed E-state index contributed by atoms with van der Waals surface area (Å²) in [7, 11) is 0. The Morgan fingerprint density at radius 3 is 2.37 bits per heavy atom. The first-order valence-electron chi connectivity index (χ1n) is 10.5. The van der Waals surface area contributed by atoms with E-state index in [0.717, 1.165) is 4.68 Å². The van der Waals surface area contributed by atoms with Gasteiger partial charge in [0, 0.05) is 6.20 Å². The fourth-order valence-corrected chi connectivity index (χ4v) is 3.39. The van der Waals surface area contributed by atoms with E-state index in [-0.39, 0.29) is 50.8 Å². The fourth-order valence-electron chi connectivity index (χ4n) is 3.39. The van der Waals surface area contributed by atoms with Gasteiger partial charge in [0.1, 0.15) is 28.2 Å². The second-order valence-electron chi connectivity index (χ2n) is 7.56. The van der Waals surface area contributed by atoms with E-state index < -0.39 is 23.4 Å². The number of aromatic carboxylic acids is 2. The molecule has 0 aliphatic carbocycles. The number of benzene rings is 2. The predicted molar refractivity (Wildman–Crippen MR) is 130 cm³/mol. The number of phenols is 2. The molecule has 2 heterocycles. The topological polar surface area (TPSA) is 231 Å². The highest BCUT2D eigenvalue weighted by atomic mass is 16.4. The summed E-state index contributed by atoms with van der Waals surface area (Å²) in [6.45, 7) is 0. The first kappa shape index (κ1) is 25.0. The van der Waals surface area contributed by atoms with Crippen molar-refractivity contribution in [2.45, 2.75) is 0 Å². The quantitative estimate of drug-likeness (QED) is 0.148. The van der Waals surface area contributed by atoms with Crippen LogP contribution in [0.15, 0.2) is 66.0 Å².